The van der Waals surface area contributed by atoms with Crippen molar-refractivity contribution in [2.45, 2.75) is 77.0 Å². The molecule has 302 valence electrons. The maximum Gasteiger partial charge on any atom is 0.145 e. The van der Waals surface area contributed by atoms with Gasteiger partial charge < -0.3 is 38.3 Å². The molecule has 2 atom stereocenters. The maximum absolute atomic E-state index is 12.6. The molecule has 8 rings (SSSR count). The number of halogens is 2. The monoisotopic (exact) mass is 854 g/mol. The predicted octanol–water partition coefficient (Wildman–Crippen LogP) is 11.7. The van der Waals surface area contributed by atoms with E-state index in [2.05, 4.69) is 39.3 Å². The standard InChI is InChI=1S/C44H48Cl2N4O6Si2/c1-57(2,3)21-19-53-25-49-39-30-12-8-10-14-34(30)56-35-17-15-27(45)23-31(35)38(39)48-44(49)42(52)41(51)43-47-37-29-11-7-9-13-33(29)55-36-18-16-28(46)24-32(36)40(37)50(43)26-54-20-22-58(4,5)6/h7-18,23-24,41-42,51-52H,19-22,25-26H2,1-6H3. The van der Waals surface area contributed by atoms with Crippen molar-refractivity contribution >= 4 is 39.3 Å². The zero-order valence-electron chi connectivity index (χ0n) is 33.6. The molecule has 2 N–H and O–H groups in total. The SMILES string of the molecule is C[Si](C)(C)CCOCn1c(C(O)C(O)c2nc3c(n2COCC[Si](C)(C)C)-c2cc(Cl)ccc2Oc2ccccc2-3)nc2c1-c1ccccc1Oc1ccc(Cl)cc1-2. The Kier molecular flexibility index (Phi) is 11.2. The quantitative estimate of drug-likeness (QED) is 0.0871. The highest BCUT2D eigenvalue weighted by Gasteiger charge is 2.37. The number of rotatable bonds is 13. The summed E-state index contributed by atoms with van der Waals surface area (Å²) in [5.74, 6) is 2.75. The van der Waals surface area contributed by atoms with Gasteiger partial charge >= 0.3 is 0 Å². The number of aliphatic hydroxyl groups is 2. The molecule has 2 aromatic heterocycles. The molecular weight excluding hydrogens is 808 g/mol. The lowest BCUT2D eigenvalue weighted by molar-refractivity contribution is -0.00829. The predicted molar refractivity (Wildman–Crippen MR) is 234 cm³/mol. The minimum absolute atomic E-state index is 0.0569. The third-order valence-corrected chi connectivity index (χ3v) is 14.3. The van der Waals surface area contributed by atoms with Crippen LogP contribution < -0.4 is 9.47 Å². The molecule has 0 saturated heterocycles. The van der Waals surface area contributed by atoms with E-state index in [1.807, 2.05) is 75.9 Å². The Balaban J connectivity index is 1.30. The number of hydrogen-bond donors (Lipinski definition) is 2. The van der Waals surface area contributed by atoms with Gasteiger partial charge in [-0.1, -0.05) is 86.7 Å². The van der Waals surface area contributed by atoms with Crippen LogP contribution in [-0.2, 0) is 22.9 Å². The summed E-state index contributed by atoms with van der Waals surface area (Å²) in [6, 6.07) is 28.1. The van der Waals surface area contributed by atoms with Gasteiger partial charge in [-0.05, 0) is 72.8 Å². The molecule has 4 aromatic carbocycles. The number of hydrogen-bond acceptors (Lipinski definition) is 8. The van der Waals surface area contributed by atoms with E-state index in [0.29, 0.717) is 80.2 Å². The summed E-state index contributed by atoms with van der Waals surface area (Å²) < 4.78 is 29.3. The van der Waals surface area contributed by atoms with Crippen molar-refractivity contribution in [3.63, 3.8) is 0 Å². The normalized spacial score (nSPS) is 14.0. The average Bonchev–Trinajstić information content (AvgIpc) is 3.66. The second-order valence-electron chi connectivity index (χ2n) is 17.3. The summed E-state index contributed by atoms with van der Waals surface area (Å²) in [4.78, 5) is 10.2. The van der Waals surface area contributed by atoms with Crippen molar-refractivity contribution in [1.82, 2.24) is 19.1 Å². The highest BCUT2D eigenvalue weighted by Crippen LogP contribution is 2.51. The van der Waals surface area contributed by atoms with E-state index in [1.165, 1.54) is 0 Å². The fraction of sp³-hybridized carbons (Fsp3) is 0.318. The first-order valence-electron chi connectivity index (χ1n) is 19.5. The first kappa shape index (κ1) is 40.5. The van der Waals surface area contributed by atoms with Gasteiger partial charge in [0.05, 0.1) is 11.4 Å². The molecule has 14 heteroatoms. The molecule has 0 amide bonds. The number of benzene rings is 4. The van der Waals surface area contributed by atoms with Gasteiger partial charge in [-0.3, -0.25) is 0 Å². The van der Waals surface area contributed by atoms with Crippen molar-refractivity contribution in [2.24, 2.45) is 0 Å². The first-order chi connectivity index (χ1) is 27.7. The van der Waals surface area contributed by atoms with E-state index in [4.69, 9.17) is 52.1 Å². The van der Waals surface area contributed by atoms with Crippen LogP contribution in [0.15, 0.2) is 84.9 Å². The molecule has 0 fully saturated rings. The fourth-order valence-electron chi connectivity index (χ4n) is 7.22. The van der Waals surface area contributed by atoms with Gasteiger partial charge in [0.2, 0.25) is 0 Å². The van der Waals surface area contributed by atoms with Crippen LogP contribution in [0.25, 0.3) is 45.0 Å². The smallest absolute Gasteiger partial charge is 0.145 e. The number of para-hydroxylation sites is 2. The maximum atomic E-state index is 12.6. The molecule has 0 radical (unpaired) electrons. The zero-order chi connectivity index (χ0) is 40.9. The van der Waals surface area contributed by atoms with Crippen LogP contribution in [0.1, 0.15) is 23.9 Å². The zero-order valence-corrected chi connectivity index (χ0v) is 37.1. The highest BCUT2D eigenvalue weighted by molar-refractivity contribution is 6.76. The minimum atomic E-state index is -1.57. The van der Waals surface area contributed by atoms with Crippen LogP contribution in [0.4, 0.5) is 0 Å². The van der Waals surface area contributed by atoms with Crippen LogP contribution >= 0.6 is 23.2 Å². The summed E-state index contributed by atoms with van der Waals surface area (Å²) in [7, 11) is -2.86. The lowest BCUT2D eigenvalue weighted by atomic mass is 10.0. The van der Waals surface area contributed by atoms with Crippen LogP contribution in [0.5, 0.6) is 23.0 Å². The van der Waals surface area contributed by atoms with Crippen LogP contribution in [-0.4, -0.2) is 58.7 Å². The minimum Gasteiger partial charge on any atom is -0.456 e. The Labute approximate surface area is 351 Å². The lowest BCUT2D eigenvalue weighted by Crippen LogP contribution is -2.24. The van der Waals surface area contributed by atoms with Crippen molar-refractivity contribution < 1.29 is 29.2 Å². The Hall–Kier alpha value is -4.25. The Morgan fingerprint density at radius 2 is 0.983 bits per heavy atom. The number of ether oxygens (including phenoxy) is 4. The van der Waals surface area contributed by atoms with Gasteiger partial charge in [0, 0.05) is 61.7 Å². The molecule has 2 aliphatic rings. The van der Waals surface area contributed by atoms with Gasteiger partial charge in [0.25, 0.3) is 0 Å². The molecule has 58 heavy (non-hydrogen) atoms. The van der Waals surface area contributed by atoms with Crippen molar-refractivity contribution in [1.29, 1.82) is 0 Å². The first-order valence-corrected chi connectivity index (χ1v) is 27.7. The number of fused-ring (bicyclic) bond motifs is 10. The lowest BCUT2D eigenvalue weighted by Gasteiger charge is -2.23. The summed E-state index contributed by atoms with van der Waals surface area (Å²) in [6.07, 6.45) is -3.14. The third kappa shape index (κ3) is 8.17. The van der Waals surface area contributed by atoms with Crippen LogP contribution in [0.3, 0.4) is 0 Å². The molecule has 0 aliphatic carbocycles. The topological polar surface area (TPSA) is 113 Å². The molecule has 10 nitrogen and oxygen atoms in total. The van der Waals surface area contributed by atoms with E-state index >= 15 is 0 Å². The fourth-order valence-corrected chi connectivity index (χ4v) is 9.08. The van der Waals surface area contributed by atoms with Crippen molar-refractivity contribution in [2.75, 3.05) is 13.2 Å². The van der Waals surface area contributed by atoms with Gasteiger partial charge in [-0.15, -0.1) is 0 Å². The van der Waals surface area contributed by atoms with Gasteiger partial charge in [0.1, 0.15) is 71.7 Å². The van der Waals surface area contributed by atoms with Crippen LogP contribution in [0.2, 0.25) is 61.4 Å². The van der Waals surface area contributed by atoms with Gasteiger partial charge in [-0.2, -0.15) is 0 Å². The molecule has 0 bridgehead atoms. The Morgan fingerprint density at radius 3 is 1.52 bits per heavy atom. The summed E-state index contributed by atoms with van der Waals surface area (Å²) >= 11 is 13.2. The van der Waals surface area contributed by atoms with E-state index in [1.54, 1.807) is 18.2 Å². The largest absolute Gasteiger partial charge is 0.456 e. The van der Waals surface area contributed by atoms with E-state index in [9.17, 15) is 10.2 Å². The second kappa shape index (κ2) is 16.1. The number of nitrogens with zero attached hydrogens (tertiary/aromatic N) is 4. The molecule has 4 heterocycles. The van der Waals surface area contributed by atoms with E-state index in [-0.39, 0.29) is 25.1 Å². The number of aliphatic hydroxyl groups excluding tert-OH is 2. The molecule has 0 saturated carbocycles. The highest BCUT2D eigenvalue weighted by atomic mass is 35.5. The molecular formula is C44H48Cl2N4O6Si2. The summed E-state index contributed by atoms with van der Waals surface area (Å²) in [5, 5.41) is 26.1. The van der Waals surface area contributed by atoms with Crippen LogP contribution in [0, 0.1) is 0 Å². The third-order valence-electron chi connectivity index (χ3n) is 10.4. The Bertz CT molecular complexity index is 2490. The summed E-state index contributed by atoms with van der Waals surface area (Å²) in [6.45, 7) is 15.0. The average molecular weight is 856 g/mol. The second-order valence-corrected chi connectivity index (χ2v) is 29.4. The molecule has 6 aromatic rings. The van der Waals surface area contributed by atoms with Gasteiger partial charge in [0.15, 0.2) is 0 Å². The Morgan fingerprint density at radius 1 is 0.569 bits per heavy atom. The number of aromatic nitrogens is 4. The van der Waals surface area contributed by atoms with E-state index in [0.717, 1.165) is 23.2 Å². The van der Waals surface area contributed by atoms with Crippen molar-refractivity contribution in [3.8, 4) is 68.0 Å². The van der Waals surface area contributed by atoms with Gasteiger partial charge in [-0.25, -0.2) is 9.97 Å². The molecule has 2 unspecified atom stereocenters. The van der Waals surface area contributed by atoms with Crippen molar-refractivity contribution in [3.05, 3.63) is 107 Å². The van der Waals surface area contributed by atoms with E-state index < -0.39 is 28.4 Å². The molecule has 2 aliphatic heterocycles. The number of imidazole rings is 2. The molecule has 0 spiro atoms. The summed E-state index contributed by atoms with van der Waals surface area (Å²) in [5.41, 5.74) is 5.25.